The summed E-state index contributed by atoms with van der Waals surface area (Å²) in [6, 6.07) is 0. The first-order valence-electron chi connectivity index (χ1n) is 7.65. The van der Waals surface area contributed by atoms with Crippen molar-refractivity contribution >= 4 is 16.2 Å². The maximum atomic E-state index is 12.3. The maximum absolute atomic E-state index is 12.3. The molecule has 1 unspecified atom stereocenters. The van der Waals surface area contributed by atoms with Gasteiger partial charge in [-0.15, -0.1) is 0 Å². The van der Waals surface area contributed by atoms with Crippen molar-refractivity contribution in [3.05, 3.63) is 0 Å². The molecule has 0 spiro atoms. The van der Waals surface area contributed by atoms with Crippen molar-refractivity contribution in [1.82, 2.24) is 4.90 Å². The summed E-state index contributed by atoms with van der Waals surface area (Å²) in [6.07, 6.45) is 3.14. The lowest BCUT2D eigenvalue weighted by Crippen LogP contribution is -2.45. The Labute approximate surface area is 134 Å². The van der Waals surface area contributed by atoms with E-state index in [2.05, 4.69) is 0 Å². The van der Waals surface area contributed by atoms with E-state index < -0.39 is 15.7 Å². The first-order valence-corrected chi connectivity index (χ1v) is 9.47. The second-order valence-corrected chi connectivity index (χ2v) is 9.29. The summed E-state index contributed by atoms with van der Waals surface area (Å²) in [6.45, 7) is 10.5. The number of hydrogen-bond donors (Lipinski definition) is 0. The van der Waals surface area contributed by atoms with Crippen LogP contribution in [0, 0.1) is 5.92 Å². The number of carbonyl (C=O) groups excluding carboxylic acids is 1. The predicted octanol–water partition coefficient (Wildman–Crippen LogP) is 2.78. The number of carbonyl (C=O) groups is 1. The molecule has 1 saturated heterocycles. The van der Waals surface area contributed by atoms with Crippen LogP contribution in [0.25, 0.3) is 0 Å². The van der Waals surface area contributed by atoms with Crippen molar-refractivity contribution in [1.29, 1.82) is 0 Å². The van der Waals surface area contributed by atoms with Crippen molar-refractivity contribution in [3.8, 4) is 0 Å². The van der Waals surface area contributed by atoms with E-state index in [0.717, 1.165) is 19.1 Å². The third-order valence-electron chi connectivity index (χ3n) is 3.63. The van der Waals surface area contributed by atoms with Crippen LogP contribution < -0.4 is 0 Å². The molecule has 1 fully saturated rings. The van der Waals surface area contributed by atoms with Crippen LogP contribution in [0.4, 0.5) is 4.79 Å². The van der Waals surface area contributed by atoms with E-state index in [-0.39, 0.29) is 18.2 Å². The lowest BCUT2D eigenvalue weighted by Gasteiger charge is -2.33. The minimum absolute atomic E-state index is 0.197. The molecular formula is C15H29NO5S. The van der Waals surface area contributed by atoms with Gasteiger partial charge in [-0.3, -0.25) is 4.18 Å². The normalized spacial score (nSPS) is 21.9. The van der Waals surface area contributed by atoms with Crippen molar-refractivity contribution in [2.45, 2.75) is 65.0 Å². The van der Waals surface area contributed by atoms with Gasteiger partial charge >= 0.3 is 6.09 Å². The lowest BCUT2D eigenvalue weighted by atomic mass is 9.93. The van der Waals surface area contributed by atoms with E-state index in [1.165, 1.54) is 0 Å². The van der Waals surface area contributed by atoms with Gasteiger partial charge < -0.3 is 9.64 Å². The molecule has 0 radical (unpaired) electrons. The Morgan fingerprint density at radius 2 is 1.91 bits per heavy atom. The monoisotopic (exact) mass is 335 g/mol. The fourth-order valence-electron chi connectivity index (χ4n) is 2.80. The van der Waals surface area contributed by atoms with Gasteiger partial charge in [-0.2, -0.15) is 8.42 Å². The predicted molar refractivity (Wildman–Crippen MR) is 85.2 cm³/mol. The maximum Gasteiger partial charge on any atom is 0.410 e. The van der Waals surface area contributed by atoms with Crippen molar-refractivity contribution in [2.24, 2.45) is 5.92 Å². The molecule has 1 aliphatic heterocycles. The molecule has 6 nitrogen and oxygen atoms in total. The number of hydrogen-bond acceptors (Lipinski definition) is 5. The summed E-state index contributed by atoms with van der Waals surface area (Å²) in [5.74, 6) is 0.339. The molecule has 0 aromatic carbocycles. The highest BCUT2D eigenvalue weighted by atomic mass is 32.2. The van der Waals surface area contributed by atoms with Gasteiger partial charge in [0.15, 0.2) is 0 Å². The Hall–Kier alpha value is -0.820. The third-order valence-corrected chi connectivity index (χ3v) is 4.22. The molecule has 0 bridgehead atoms. The average Bonchev–Trinajstić information content (AvgIpc) is 2.56. The largest absolute Gasteiger partial charge is 0.444 e. The third kappa shape index (κ3) is 6.52. The molecule has 1 aliphatic rings. The summed E-state index contributed by atoms with van der Waals surface area (Å²) in [5, 5.41) is 0. The van der Waals surface area contributed by atoms with Crippen molar-refractivity contribution in [3.63, 3.8) is 0 Å². The minimum atomic E-state index is -3.37. The highest BCUT2D eigenvalue weighted by Gasteiger charge is 2.42. The second kappa shape index (κ2) is 6.74. The number of rotatable bonds is 5. The average molecular weight is 335 g/mol. The van der Waals surface area contributed by atoms with Crippen LogP contribution in [0.1, 0.15) is 53.9 Å². The second-order valence-electron chi connectivity index (χ2n) is 7.64. The molecule has 130 valence electrons. The Bertz CT molecular complexity index is 493. The van der Waals surface area contributed by atoms with Crippen molar-refractivity contribution in [2.75, 3.05) is 19.4 Å². The smallest absolute Gasteiger partial charge is 0.410 e. The summed E-state index contributed by atoms with van der Waals surface area (Å²) >= 11 is 0. The Morgan fingerprint density at radius 1 is 1.32 bits per heavy atom. The van der Waals surface area contributed by atoms with E-state index in [4.69, 9.17) is 8.92 Å². The zero-order chi connectivity index (χ0) is 17.2. The molecule has 0 aromatic heterocycles. The van der Waals surface area contributed by atoms with E-state index in [9.17, 15) is 13.2 Å². The lowest BCUT2D eigenvalue weighted by molar-refractivity contribution is 0.0131. The molecule has 1 heterocycles. The van der Waals surface area contributed by atoms with Crippen LogP contribution in [0.2, 0.25) is 0 Å². The first-order chi connectivity index (χ1) is 9.80. The van der Waals surface area contributed by atoms with Crippen LogP contribution in [-0.4, -0.2) is 50.0 Å². The van der Waals surface area contributed by atoms with Gasteiger partial charge in [0.25, 0.3) is 10.1 Å². The molecular weight excluding hydrogens is 306 g/mol. The quantitative estimate of drug-likeness (QED) is 0.570. The van der Waals surface area contributed by atoms with Gasteiger partial charge in [-0.25, -0.2) is 4.79 Å². The van der Waals surface area contributed by atoms with Crippen LogP contribution >= 0.6 is 0 Å². The van der Waals surface area contributed by atoms with Gasteiger partial charge in [0, 0.05) is 12.1 Å². The molecule has 0 saturated carbocycles. The fraction of sp³-hybridized carbons (Fsp3) is 0.933. The molecule has 1 amide bonds. The van der Waals surface area contributed by atoms with E-state index in [1.807, 2.05) is 34.6 Å². The minimum Gasteiger partial charge on any atom is -0.444 e. The molecule has 0 aliphatic carbocycles. The summed E-state index contributed by atoms with van der Waals surface area (Å²) in [4.78, 5) is 14.1. The van der Waals surface area contributed by atoms with Crippen LogP contribution in [0.3, 0.4) is 0 Å². The SMILES string of the molecule is CC(C)(C)OC(=O)N1CC(CCCOS(C)(=O)=O)CC1(C)C. The zero-order valence-electron chi connectivity index (χ0n) is 14.5. The van der Waals surface area contributed by atoms with E-state index in [1.54, 1.807) is 4.90 Å². The van der Waals surface area contributed by atoms with Gasteiger partial charge in [0.2, 0.25) is 0 Å². The Kier molecular flexibility index (Phi) is 5.89. The number of ether oxygens (including phenoxy) is 1. The molecule has 22 heavy (non-hydrogen) atoms. The van der Waals surface area contributed by atoms with Gasteiger partial charge in [-0.1, -0.05) is 0 Å². The van der Waals surface area contributed by atoms with Gasteiger partial charge in [0.1, 0.15) is 5.60 Å². The number of nitrogens with zero attached hydrogens (tertiary/aromatic N) is 1. The standard InChI is InChI=1S/C15H29NO5S/c1-14(2,3)21-13(17)16-11-12(10-15(16,4)5)8-7-9-20-22(6,18)19/h12H,7-11H2,1-6H3. The molecule has 7 heteroatoms. The number of likely N-dealkylation sites (tertiary alicyclic amines) is 1. The highest BCUT2D eigenvalue weighted by molar-refractivity contribution is 7.85. The van der Waals surface area contributed by atoms with Gasteiger partial charge in [0.05, 0.1) is 12.9 Å². The van der Waals surface area contributed by atoms with Crippen LogP contribution in [-0.2, 0) is 19.0 Å². The molecule has 0 aromatic rings. The Morgan fingerprint density at radius 3 is 2.41 bits per heavy atom. The van der Waals surface area contributed by atoms with Crippen LogP contribution in [0.5, 0.6) is 0 Å². The van der Waals surface area contributed by atoms with Crippen LogP contribution in [0.15, 0.2) is 0 Å². The topological polar surface area (TPSA) is 72.9 Å². The summed E-state index contributed by atoms with van der Waals surface area (Å²) in [5.41, 5.74) is -0.751. The number of amides is 1. The highest BCUT2D eigenvalue weighted by Crippen LogP contribution is 2.36. The summed E-state index contributed by atoms with van der Waals surface area (Å²) < 4.78 is 32.0. The van der Waals surface area contributed by atoms with Crippen molar-refractivity contribution < 1.29 is 22.1 Å². The molecule has 0 N–H and O–H groups in total. The van der Waals surface area contributed by atoms with Gasteiger partial charge in [-0.05, 0) is 59.8 Å². The summed E-state index contributed by atoms with van der Waals surface area (Å²) in [7, 11) is -3.37. The zero-order valence-corrected chi connectivity index (χ0v) is 15.3. The van der Waals surface area contributed by atoms with E-state index >= 15 is 0 Å². The fourth-order valence-corrected chi connectivity index (χ4v) is 3.22. The first kappa shape index (κ1) is 19.2. The Balaban J connectivity index is 2.50. The molecule has 1 rings (SSSR count). The van der Waals surface area contributed by atoms with E-state index in [0.29, 0.717) is 18.9 Å². The molecule has 1 atom stereocenters.